The Labute approximate surface area is 125 Å². The van der Waals surface area contributed by atoms with Crippen LogP contribution in [0.1, 0.15) is 45.7 Å². The molecular formula is C17H22N2O2. The summed E-state index contributed by atoms with van der Waals surface area (Å²) in [5, 5.41) is 3.00. The van der Waals surface area contributed by atoms with E-state index in [1.165, 1.54) is 0 Å². The number of carbonyl (C=O) groups excluding carboxylic acids is 2. The molecule has 4 nitrogen and oxygen atoms in total. The van der Waals surface area contributed by atoms with E-state index in [1.54, 1.807) is 6.20 Å². The molecule has 3 rings (SSSR count). The molecule has 2 saturated carbocycles. The quantitative estimate of drug-likeness (QED) is 0.928. The van der Waals surface area contributed by atoms with Crippen LogP contribution in [0.3, 0.4) is 0 Å². The maximum Gasteiger partial charge on any atom is 0.227 e. The van der Waals surface area contributed by atoms with E-state index in [0.717, 1.165) is 18.5 Å². The third-order valence-electron chi connectivity index (χ3n) is 6.30. The second-order valence-electron chi connectivity index (χ2n) is 7.14. The highest BCUT2D eigenvalue weighted by Gasteiger charge is 2.72. The molecular weight excluding hydrogens is 264 g/mol. The molecule has 0 aromatic carbocycles. The van der Waals surface area contributed by atoms with Gasteiger partial charge < -0.3 is 5.32 Å². The van der Waals surface area contributed by atoms with Gasteiger partial charge in [-0.25, -0.2) is 0 Å². The number of hydrogen-bond donors (Lipinski definition) is 1. The van der Waals surface area contributed by atoms with E-state index < -0.39 is 5.41 Å². The lowest BCUT2D eigenvalue weighted by Crippen LogP contribution is -2.46. The fourth-order valence-electron chi connectivity index (χ4n) is 4.20. The Bertz CT molecular complexity index is 596. The number of amides is 1. The van der Waals surface area contributed by atoms with Crippen molar-refractivity contribution in [3.8, 4) is 0 Å². The average molecular weight is 286 g/mol. The number of ketones is 1. The Balaban J connectivity index is 1.80. The van der Waals surface area contributed by atoms with E-state index in [2.05, 4.69) is 24.1 Å². The van der Waals surface area contributed by atoms with Crippen LogP contribution in [-0.4, -0.2) is 16.7 Å². The van der Waals surface area contributed by atoms with Crippen molar-refractivity contribution in [2.24, 2.45) is 16.2 Å². The molecule has 2 fully saturated rings. The first-order chi connectivity index (χ1) is 9.83. The van der Waals surface area contributed by atoms with Crippen molar-refractivity contribution >= 4 is 11.7 Å². The summed E-state index contributed by atoms with van der Waals surface area (Å²) in [5.74, 6) is 0.250. The summed E-state index contributed by atoms with van der Waals surface area (Å²) in [6, 6.07) is 5.65. The molecule has 112 valence electrons. The van der Waals surface area contributed by atoms with Crippen LogP contribution in [0.4, 0.5) is 0 Å². The summed E-state index contributed by atoms with van der Waals surface area (Å²) in [6.45, 7) is 6.59. The largest absolute Gasteiger partial charge is 0.350 e. The zero-order chi connectivity index (χ0) is 15.3. The van der Waals surface area contributed by atoms with Crippen LogP contribution in [0.15, 0.2) is 24.4 Å². The number of Topliss-reactive ketones (excluding diaryl/α,β-unsaturated/α-hetero) is 1. The van der Waals surface area contributed by atoms with Crippen LogP contribution in [0.5, 0.6) is 0 Å². The van der Waals surface area contributed by atoms with Crippen molar-refractivity contribution in [3.05, 3.63) is 30.1 Å². The van der Waals surface area contributed by atoms with Crippen LogP contribution < -0.4 is 5.32 Å². The number of nitrogens with zero attached hydrogens (tertiary/aromatic N) is 1. The molecule has 0 spiro atoms. The van der Waals surface area contributed by atoms with Gasteiger partial charge >= 0.3 is 0 Å². The number of rotatable bonds is 3. The van der Waals surface area contributed by atoms with Gasteiger partial charge in [-0.15, -0.1) is 0 Å². The molecule has 1 amide bonds. The molecule has 0 aliphatic heterocycles. The van der Waals surface area contributed by atoms with Gasteiger partial charge in [-0.2, -0.15) is 0 Å². The molecule has 1 aromatic rings. The van der Waals surface area contributed by atoms with Crippen molar-refractivity contribution in [1.82, 2.24) is 10.3 Å². The molecule has 2 atom stereocenters. The van der Waals surface area contributed by atoms with Gasteiger partial charge in [0.1, 0.15) is 5.78 Å². The van der Waals surface area contributed by atoms with E-state index in [0.29, 0.717) is 13.0 Å². The average Bonchev–Trinajstić information content (AvgIpc) is 2.76. The zero-order valence-electron chi connectivity index (χ0n) is 12.9. The summed E-state index contributed by atoms with van der Waals surface area (Å²) in [7, 11) is 0. The number of pyridine rings is 1. The van der Waals surface area contributed by atoms with E-state index in [4.69, 9.17) is 0 Å². The molecule has 2 bridgehead atoms. The highest BCUT2D eigenvalue weighted by molar-refractivity contribution is 5.99. The fourth-order valence-corrected chi connectivity index (χ4v) is 4.20. The first kappa shape index (κ1) is 14.2. The monoisotopic (exact) mass is 286 g/mol. The summed E-state index contributed by atoms with van der Waals surface area (Å²) in [4.78, 5) is 29.4. The predicted octanol–water partition coefficient (Wildman–Crippen LogP) is 2.48. The maximum atomic E-state index is 12.8. The smallest absolute Gasteiger partial charge is 0.227 e. The topological polar surface area (TPSA) is 59.1 Å². The van der Waals surface area contributed by atoms with Crippen molar-refractivity contribution < 1.29 is 9.59 Å². The van der Waals surface area contributed by atoms with Crippen molar-refractivity contribution in [3.63, 3.8) is 0 Å². The van der Waals surface area contributed by atoms with Crippen LogP contribution in [-0.2, 0) is 16.1 Å². The normalized spacial score (nSPS) is 33.2. The van der Waals surface area contributed by atoms with E-state index in [-0.39, 0.29) is 22.5 Å². The van der Waals surface area contributed by atoms with Crippen molar-refractivity contribution in [2.45, 2.75) is 46.6 Å². The van der Waals surface area contributed by atoms with Gasteiger partial charge in [0.15, 0.2) is 0 Å². The second kappa shape index (κ2) is 4.39. The number of aromatic nitrogens is 1. The summed E-state index contributed by atoms with van der Waals surface area (Å²) >= 11 is 0. The van der Waals surface area contributed by atoms with Gasteiger partial charge in [-0.05, 0) is 30.4 Å². The lowest BCUT2D eigenvalue weighted by Gasteiger charge is -2.38. The Morgan fingerprint density at radius 3 is 2.57 bits per heavy atom. The summed E-state index contributed by atoms with van der Waals surface area (Å²) < 4.78 is 0. The van der Waals surface area contributed by atoms with E-state index in [9.17, 15) is 9.59 Å². The zero-order valence-corrected chi connectivity index (χ0v) is 12.9. The third-order valence-corrected chi connectivity index (χ3v) is 6.30. The minimum Gasteiger partial charge on any atom is -0.350 e. The fraction of sp³-hybridized carbons (Fsp3) is 0.588. The van der Waals surface area contributed by atoms with Gasteiger partial charge in [0.05, 0.1) is 17.7 Å². The van der Waals surface area contributed by atoms with Crippen molar-refractivity contribution in [1.29, 1.82) is 0 Å². The number of hydrogen-bond acceptors (Lipinski definition) is 3. The second-order valence-corrected chi connectivity index (χ2v) is 7.14. The number of fused-ring (bicyclic) bond motifs is 2. The van der Waals surface area contributed by atoms with Gasteiger partial charge in [-0.1, -0.05) is 26.8 Å². The van der Waals surface area contributed by atoms with Crippen LogP contribution in [0.25, 0.3) is 0 Å². The summed E-state index contributed by atoms with van der Waals surface area (Å²) in [5.41, 5.74) is -0.348. The molecule has 0 unspecified atom stereocenters. The van der Waals surface area contributed by atoms with Gasteiger partial charge in [0, 0.05) is 18.0 Å². The SMILES string of the molecule is CC1(C)[C@@]2(C(=O)NCc3ccccn3)CC[C@@]1(C)C(=O)C2. The molecule has 4 heteroatoms. The Morgan fingerprint density at radius 1 is 1.29 bits per heavy atom. The van der Waals surface area contributed by atoms with Crippen LogP contribution in [0, 0.1) is 16.2 Å². The molecule has 1 N–H and O–H groups in total. The standard InChI is InChI=1S/C17H22N2O2/c1-15(2)16(3)7-8-17(15,10-13(16)20)14(21)19-11-12-6-4-5-9-18-12/h4-6,9H,7-8,10-11H2,1-3H3,(H,19,21)/t16-,17-/m0/s1. The minimum atomic E-state index is -0.548. The molecule has 2 aliphatic carbocycles. The first-order valence-corrected chi connectivity index (χ1v) is 7.55. The molecule has 1 aromatic heterocycles. The van der Waals surface area contributed by atoms with E-state index >= 15 is 0 Å². The van der Waals surface area contributed by atoms with E-state index in [1.807, 2.05) is 25.1 Å². The Morgan fingerprint density at radius 2 is 2.05 bits per heavy atom. The first-order valence-electron chi connectivity index (χ1n) is 7.55. The number of nitrogens with one attached hydrogen (secondary N) is 1. The Kier molecular flexibility index (Phi) is 2.98. The van der Waals surface area contributed by atoms with Gasteiger partial charge in [0.25, 0.3) is 0 Å². The molecule has 1 heterocycles. The predicted molar refractivity (Wildman–Crippen MR) is 79.3 cm³/mol. The van der Waals surface area contributed by atoms with Gasteiger partial charge in [-0.3, -0.25) is 14.6 Å². The molecule has 0 radical (unpaired) electrons. The van der Waals surface area contributed by atoms with Crippen LogP contribution in [0.2, 0.25) is 0 Å². The van der Waals surface area contributed by atoms with Crippen molar-refractivity contribution in [2.75, 3.05) is 0 Å². The lowest BCUT2D eigenvalue weighted by molar-refractivity contribution is -0.136. The minimum absolute atomic E-state index is 0.00716. The molecule has 2 aliphatic rings. The summed E-state index contributed by atoms with van der Waals surface area (Å²) in [6.07, 6.45) is 3.71. The highest BCUT2D eigenvalue weighted by atomic mass is 16.2. The lowest BCUT2D eigenvalue weighted by atomic mass is 9.64. The number of carbonyl (C=O) groups is 2. The highest BCUT2D eigenvalue weighted by Crippen LogP contribution is 2.70. The van der Waals surface area contributed by atoms with Crippen LogP contribution >= 0.6 is 0 Å². The van der Waals surface area contributed by atoms with Gasteiger partial charge in [0.2, 0.25) is 5.91 Å². The third kappa shape index (κ3) is 1.71. The molecule has 0 saturated heterocycles. The maximum absolute atomic E-state index is 12.8. The molecule has 21 heavy (non-hydrogen) atoms. The Hall–Kier alpha value is -1.71.